The quantitative estimate of drug-likeness (QED) is 0.816. The van der Waals surface area contributed by atoms with E-state index in [0.717, 1.165) is 38.5 Å². The minimum atomic E-state index is -0.101. The van der Waals surface area contributed by atoms with Crippen LogP contribution in [0.15, 0.2) is 29.6 Å². The zero-order chi connectivity index (χ0) is 17.8. The molecule has 1 N–H and O–H groups in total. The number of nitrogens with one attached hydrogen (secondary N) is 1. The lowest BCUT2D eigenvalue weighted by atomic mass is 10.1. The zero-order valence-electron chi connectivity index (χ0n) is 14.3. The maximum atomic E-state index is 12.5. The fraction of sp³-hybridized carbons (Fsp3) is 0.444. The first-order valence-electron chi connectivity index (χ1n) is 8.67. The van der Waals surface area contributed by atoms with Crippen molar-refractivity contribution in [2.75, 3.05) is 43.1 Å². The van der Waals surface area contributed by atoms with Crippen molar-refractivity contribution in [3.63, 3.8) is 0 Å². The summed E-state index contributed by atoms with van der Waals surface area (Å²) in [6.45, 7) is 4.23. The van der Waals surface area contributed by atoms with Crippen LogP contribution in [0, 0.1) is 0 Å². The number of benzene rings is 1. The lowest BCUT2D eigenvalue weighted by Crippen LogP contribution is -2.35. The van der Waals surface area contributed by atoms with E-state index in [1.807, 2.05) is 41.0 Å². The number of hydrogen-bond acceptors (Lipinski definition) is 7. The number of carbonyl (C=O) groups excluding carboxylic acids is 1. The predicted octanol–water partition coefficient (Wildman–Crippen LogP) is 3.71. The molecule has 2 saturated heterocycles. The lowest BCUT2D eigenvalue weighted by molar-refractivity contribution is 0.0337. The number of morpholine rings is 1. The Labute approximate surface area is 165 Å². The molecule has 2 fully saturated rings. The number of rotatable bonds is 5. The van der Waals surface area contributed by atoms with Crippen LogP contribution >= 0.6 is 34.9 Å². The minimum Gasteiger partial charge on any atom is -0.379 e. The highest BCUT2D eigenvalue weighted by atomic mass is 32.2. The summed E-state index contributed by atoms with van der Waals surface area (Å²) in [4.78, 5) is 19.3. The summed E-state index contributed by atoms with van der Waals surface area (Å²) in [5.41, 5.74) is 2.96. The van der Waals surface area contributed by atoms with Gasteiger partial charge in [0, 0.05) is 42.1 Å². The van der Waals surface area contributed by atoms with Gasteiger partial charge in [-0.1, -0.05) is 12.1 Å². The summed E-state index contributed by atoms with van der Waals surface area (Å²) >= 11 is 5.42. The Balaban J connectivity index is 1.34. The summed E-state index contributed by atoms with van der Waals surface area (Å²) < 4.78 is 5.87. The molecule has 0 aliphatic carbocycles. The molecular weight excluding hydrogens is 386 g/mol. The van der Waals surface area contributed by atoms with E-state index in [0.29, 0.717) is 15.3 Å². The monoisotopic (exact) mass is 407 g/mol. The van der Waals surface area contributed by atoms with E-state index in [1.54, 1.807) is 0 Å². The fourth-order valence-electron chi connectivity index (χ4n) is 2.94. The summed E-state index contributed by atoms with van der Waals surface area (Å²) in [6.07, 6.45) is 0. The van der Waals surface area contributed by atoms with E-state index < -0.39 is 0 Å². The van der Waals surface area contributed by atoms with Gasteiger partial charge >= 0.3 is 0 Å². The highest BCUT2D eigenvalue weighted by Crippen LogP contribution is 2.45. The maximum Gasteiger partial charge on any atom is 0.257 e. The molecule has 3 heterocycles. The number of nitrogens with zero attached hydrogens (tertiary/aromatic N) is 2. The van der Waals surface area contributed by atoms with Crippen molar-refractivity contribution >= 4 is 45.9 Å². The molecule has 5 nitrogen and oxygen atoms in total. The Morgan fingerprint density at radius 2 is 1.92 bits per heavy atom. The van der Waals surface area contributed by atoms with Gasteiger partial charge in [-0.25, -0.2) is 4.98 Å². The molecule has 0 unspecified atom stereocenters. The summed E-state index contributed by atoms with van der Waals surface area (Å²) in [5.74, 6) is 2.30. The third-order valence-corrected chi connectivity index (χ3v) is 8.24. The van der Waals surface area contributed by atoms with Crippen molar-refractivity contribution in [1.29, 1.82) is 0 Å². The SMILES string of the molecule is O=C(Nc1nc(CN2CCOCC2)cs1)c1ccc(C2SCCS2)cc1. The average molecular weight is 408 g/mol. The highest BCUT2D eigenvalue weighted by Gasteiger charge is 2.19. The van der Waals surface area contributed by atoms with Crippen LogP contribution in [0.5, 0.6) is 0 Å². The first-order valence-corrected chi connectivity index (χ1v) is 11.6. The number of hydrogen-bond donors (Lipinski definition) is 1. The molecule has 2 aliphatic rings. The lowest BCUT2D eigenvalue weighted by Gasteiger charge is -2.25. The van der Waals surface area contributed by atoms with Gasteiger partial charge in [0.2, 0.25) is 0 Å². The standard InChI is InChI=1S/C18H21N3O2S3/c22-16(13-1-3-14(4-2-13)17-24-9-10-25-17)20-18-19-15(12-26-18)11-21-5-7-23-8-6-21/h1-4,12,17H,5-11H2,(H,19,20,22). The van der Waals surface area contributed by atoms with Gasteiger partial charge in [0.1, 0.15) is 0 Å². The van der Waals surface area contributed by atoms with Gasteiger partial charge in [0.15, 0.2) is 5.13 Å². The van der Waals surface area contributed by atoms with Crippen LogP contribution in [-0.2, 0) is 11.3 Å². The molecule has 1 amide bonds. The number of aromatic nitrogens is 1. The van der Waals surface area contributed by atoms with Crippen molar-refractivity contribution in [2.24, 2.45) is 0 Å². The molecule has 138 valence electrons. The summed E-state index contributed by atoms with van der Waals surface area (Å²) in [7, 11) is 0. The smallest absolute Gasteiger partial charge is 0.257 e. The molecule has 0 bridgehead atoms. The van der Waals surface area contributed by atoms with Crippen molar-refractivity contribution in [3.8, 4) is 0 Å². The Bertz CT molecular complexity index is 738. The van der Waals surface area contributed by atoms with Crippen LogP contribution < -0.4 is 5.32 Å². The third-order valence-electron chi connectivity index (χ3n) is 4.33. The Morgan fingerprint density at radius 1 is 1.19 bits per heavy atom. The maximum absolute atomic E-state index is 12.5. The minimum absolute atomic E-state index is 0.101. The predicted molar refractivity (Wildman–Crippen MR) is 110 cm³/mol. The van der Waals surface area contributed by atoms with Crippen molar-refractivity contribution < 1.29 is 9.53 Å². The van der Waals surface area contributed by atoms with Crippen molar-refractivity contribution in [2.45, 2.75) is 11.1 Å². The van der Waals surface area contributed by atoms with Gasteiger partial charge in [-0.15, -0.1) is 34.9 Å². The molecule has 0 radical (unpaired) electrons. The molecule has 1 aromatic carbocycles. The van der Waals surface area contributed by atoms with E-state index in [4.69, 9.17) is 4.74 Å². The van der Waals surface area contributed by atoms with Gasteiger partial charge in [-0.2, -0.15) is 0 Å². The number of ether oxygens (including phenoxy) is 1. The van der Waals surface area contributed by atoms with Gasteiger partial charge in [0.25, 0.3) is 5.91 Å². The van der Waals surface area contributed by atoms with Gasteiger partial charge in [0.05, 0.1) is 23.5 Å². The second-order valence-electron chi connectivity index (χ2n) is 6.18. The largest absolute Gasteiger partial charge is 0.379 e. The number of anilines is 1. The number of carbonyl (C=O) groups is 1. The van der Waals surface area contributed by atoms with Crippen LogP contribution in [0.25, 0.3) is 0 Å². The summed E-state index contributed by atoms with van der Waals surface area (Å²) in [5, 5.41) is 5.59. The van der Waals surface area contributed by atoms with E-state index in [1.165, 1.54) is 28.4 Å². The Kier molecular flexibility index (Phi) is 6.16. The number of amides is 1. The molecule has 4 rings (SSSR count). The molecule has 0 atom stereocenters. The van der Waals surface area contributed by atoms with E-state index in [9.17, 15) is 4.79 Å². The second kappa shape index (κ2) is 8.75. The van der Waals surface area contributed by atoms with E-state index >= 15 is 0 Å². The van der Waals surface area contributed by atoms with Crippen LogP contribution in [0.2, 0.25) is 0 Å². The van der Waals surface area contributed by atoms with Crippen molar-refractivity contribution in [1.82, 2.24) is 9.88 Å². The third kappa shape index (κ3) is 4.61. The van der Waals surface area contributed by atoms with Crippen LogP contribution in [-0.4, -0.2) is 53.6 Å². The number of thiazole rings is 1. The van der Waals surface area contributed by atoms with Crippen molar-refractivity contribution in [3.05, 3.63) is 46.5 Å². The molecular formula is C18H21N3O2S3. The topological polar surface area (TPSA) is 54.5 Å². The molecule has 0 saturated carbocycles. The van der Waals surface area contributed by atoms with Crippen LogP contribution in [0.3, 0.4) is 0 Å². The molecule has 1 aromatic heterocycles. The van der Waals surface area contributed by atoms with Gasteiger partial charge < -0.3 is 4.74 Å². The second-order valence-corrected chi connectivity index (χ2v) is 9.76. The molecule has 2 aromatic rings. The Morgan fingerprint density at radius 3 is 2.65 bits per heavy atom. The molecule has 0 spiro atoms. The zero-order valence-corrected chi connectivity index (χ0v) is 16.8. The first-order chi connectivity index (χ1) is 12.8. The van der Waals surface area contributed by atoms with E-state index in [2.05, 4.69) is 27.3 Å². The van der Waals surface area contributed by atoms with Gasteiger partial charge in [-0.05, 0) is 17.7 Å². The van der Waals surface area contributed by atoms with Gasteiger partial charge in [-0.3, -0.25) is 15.0 Å². The molecule has 8 heteroatoms. The first kappa shape index (κ1) is 18.3. The summed E-state index contributed by atoms with van der Waals surface area (Å²) in [6, 6.07) is 7.95. The highest BCUT2D eigenvalue weighted by molar-refractivity contribution is 8.19. The number of thioether (sulfide) groups is 2. The molecule has 2 aliphatic heterocycles. The van der Waals surface area contributed by atoms with Crippen LogP contribution in [0.1, 0.15) is 26.2 Å². The molecule has 26 heavy (non-hydrogen) atoms. The normalized spacial score (nSPS) is 18.9. The van der Waals surface area contributed by atoms with E-state index in [-0.39, 0.29) is 5.91 Å². The van der Waals surface area contributed by atoms with Crippen LogP contribution in [0.4, 0.5) is 5.13 Å². The fourth-order valence-corrected chi connectivity index (χ4v) is 6.49. The Hall–Kier alpha value is -1.06. The average Bonchev–Trinajstić information content (AvgIpc) is 3.35.